The summed E-state index contributed by atoms with van der Waals surface area (Å²) in [5, 5.41) is 19.7. The third-order valence-electron chi connectivity index (χ3n) is 2.61. The van der Waals surface area contributed by atoms with E-state index in [2.05, 4.69) is 0 Å². The second-order valence-electron chi connectivity index (χ2n) is 4.00. The van der Waals surface area contributed by atoms with Crippen LogP contribution in [0, 0.1) is 10.1 Å². The van der Waals surface area contributed by atoms with Crippen molar-refractivity contribution >= 4 is 17.6 Å². The van der Waals surface area contributed by atoms with Crippen LogP contribution in [0.1, 0.15) is 20.7 Å². The molecule has 0 aliphatic carbocycles. The number of carboxylic acids is 1. The molecule has 0 bridgehead atoms. The minimum Gasteiger partial charge on any atom is -0.478 e. The summed E-state index contributed by atoms with van der Waals surface area (Å²) < 4.78 is 4.95. The van der Waals surface area contributed by atoms with Crippen LogP contribution in [0.15, 0.2) is 48.5 Å². The third kappa shape index (κ3) is 3.21. The number of ether oxygens (including phenoxy) is 1. The molecule has 0 radical (unpaired) electrons. The van der Waals surface area contributed by atoms with E-state index in [4.69, 9.17) is 9.84 Å². The topological polar surface area (TPSA) is 107 Å². The normalized spacial score (nSPS) is 9.90. The largest absolute Gasteiger partial charge is 0.478 e. The number of hydrogen-bond acceptors (Lipinski definition) is 5. The lowest BCUT2D eigenvalue weighted by molar-refractivity contribution is -0.385. The molecule has 0 amide bonds. The number of benzene rings is 2. The van der Waals surface area contributed by atoms with Crippen molar-refractivity contribution in [2.75, 3.05) is 0 Å². The molecule has 0 saturated carbocycles. The third-order valence-corrected chi connectivity index (χ3v) is 2.61. The van der Waals surface area contributed by atoms with Gasteiger partial charge in [-0.15, -0.1) is 0 Å². The quantitative estimate of drug-likeness (QED) is 0.400. The van der Waals surface area contributed by atoms with Gasteiger partial charge in [-0.25, -0.2) is 9.59 Å². The number of nitro groups is 1. The molecule has 2 aromatic rings. The van der Waals surface area contributed by atoms with E-state index in [0.29, 0.717) is 0 Å². The van der Waals surface area contributed by atoms with Crippen LogP contribution in [-0.2, 0) is 0 Å². The first-order valence-corrected chi connectivity index (χ1v) is 5.78. The zero-order valence-corrected chi connectivity index (χ0v) is 10.6. The minimum atomic E-state index is -1.31. The number of hydrogen-bond donors (Lipinski definition) is 1. The average molecular weight is 287 g/mol. The Morgan fingerprint density at radius 3 is 2.29 bits per heavy atom. The SMILES string of the molecule is O=C(O)c1ccc(OC(=O)c2ccccc2)c([N+](=O)[O-])c1. The number of carbonyl (C=O) groups is 2. The van der Waals surface area contributed by atoms with Crippen molar-refractivity contribution in [1.82, 2.24) is 0 Å². The first-order chi connectivity index (χ1) is 9.99. The molecule has 0 aromatic heterocycles. The lowest BCUT2D eigenvalue weighted by atomic mass is 10.2. The van der Waals surface area contributed by atoms with Gasteiger partial charge in [0.1, 0.15) is 0 Å². The summed E-state index contributed by atoms with van der Waals surface area (Å²) in [7, 11) is 0. The van der Waals surface area contributed by atoms with Gasteiger partial charge in [0.25, 0.3) is 0 Å². The van der Waals surface area contributed by atoms with Crippen LogP contribution >= 0.6 is 0 Å². The molecule has 0 aliphatic heterocycles. The fraction of sp³-hybridized carbons (Fsp3) is 0. The number of nitro benzene ring substituents is 1. The van der Waals surface area contributed by atoms with E-state index in [-0.39, 0.29) is 16.9 Å². The van der Waals surface area contributed by atoms with E-state index in [9.17, 15) is 19.7 Å². The number of esters is 1. The first kappa shape index (κ1) is 14.2. The molecule has 0 heterocycles. The molecular weight excluding hydrogens is 278 g/mol. The molecule has 7 heteroatoms. The Labute approximate surface area is 118 Å². The second-order valence-corrected chi connectivity index (χ2v) is 4.00. The Hall–Kier alpha value is -3.22. The molecule has 1 N–H and O–H groups in total. The summed E-state index contributed by atoms with van der Waals surface area (Å²) in [6.45, 7) is 0. The van der Waals surface area contributed by atoms with Crippen molar-refractivity contribution in [1.29, 1.82) is 0 Å². The van der Waals surface area contributed by atoms with E-state index in [0.717, 1.165) is 18.2 Å². The van der Waals surface area contributed by atoms with Crippen LogP contribution < -0.4 is 4.74 Å². The molecule has 21 heavy (non-hydrogen) atoms. The maximum absolute atomic E-state index is 11.8. The smallest absolute Gasteiger partial charge is 0.343 e. The van der Waals surface area contributed by atoms with Crippen LogP contribution in [0.5, 0.6) is 5.75 Å². The lowest BCUT2D eigenvalue weighted by Crippen LogP contribution is -2.10. The predicted octanol–water partition coefficient (Wildman–Crippen LogP) is 2.51. The van der Waals surface area contributed by atoms with Crippen molar-refractivity contribution in [3.05, 3.63) is 69.8 Å². The van der Waals surface area contributed by atoms with Gasteiger partial charge in [-0.3, -0.25) is 10.1 Å². The molecule has 0 aliphatic rings. The van der Waals surface area contributed by atoms with Gasteiger partial charge in [-0.2, -0.15) is 0 Å². The number of nitrogens with zero attached hydrogens (tertiary/aromatic N) is 1. The maximum Gasteiger partial charge on any atom is 0.343 e. The van der Waals surface area contributed by atoms with Crippen molar-refractivity contribution in [3.8, 4) is 5.75 Å². The summed E-state index contributed by atoms with van der Waals surface area (Å²) in [4.78, 5) is 32.8. The van der Waals surface area contributed by atoms with Gasteiger partial charge in [0.2, 0.25) is 5.75 Å². The van der Waals surface area contributed by atoms with Crippen LogP contribution in [0.2, 0.25) is 0 Å². The van der Waals surface area contributed by atoms with Crippen molar-refractivity contribution in [3.63, 3.8) is 0 Å². The summed E-state index contributed by atoms with van der Waals surface area (Å²) in [5.41, 5.74) is -0.616. The van der Waals surface area contributed by atoms with E-state index < -0.39 is 22.5 Å². The fourth-order valence-electron chi connectivity index (χ4n) is 1.61. The highest BCUT2D eigenvalue weighted by Gasteiger charge is 2.21. The zero-order valence-electron chi connectivity index (χ0n) is 10.6. The number of carbonyl (C=O) groups excluding carboxylic acids is 1. The van der Waals surface area contributed by atoms with Crippen LogP contribution in [0.3, 0.4) is 0 Å². The van der Waals surface area contributed by atoms with Gasteiger partial charge < -0.3 is 9.84 Å². The number of rotatable bonds is 4. The summed E-state index contributed by atoms with van der Waals surface area (Å²) in [5.74, 6) is -2.38. The fourth-order valence-corrected chi connectivity index (χ4v) is 1.61. The molecule has 0 spiro atoms. The second kappa shape index (κ2) is 5.83. The molecule has 0 fully saturated rings. The van der Waals surface area contributed by atoms with Crippen LogP contribution in [-0.4, -0.2) is 22.0 Å². The molecule has 106 valence electrons. The Kier molecular flexibility index (Phi) is 3.94. The van der Waals surface area contributed by atoms with E-state index in [1.165, 1.54) is 12.1 Å². The number of carboxylic acid groups (broad SMARTS) is 1. The highest BCUT2D eigenvalue weighted by molar-refractivity contribution is 5.92. The summed E-state index contributed by atoms with van der Waals surface area (Å²) >= 11 is 0. The van der Waals surface area contributed by atoms with Gasteiger partial charge in [0.15, 0.2) is 0 Å². The van der Waals surface area contributed by atoms with Crippen molar-refractivity contribution in [2.24, 2.45) is 0 Å². The Balaban J connectivity index is 2.34. The Morgan fingerprint density at radius 2 is 1.71 bits per heavy atom. The van der Waals surface area contributed by atoms with Crippen LogP contribution in [0.4, 0.5) is 5.69 Å². The van der Waals surface area contributed by atoms with Gasteiger partial charge in [0, 0.05) is 6.07 Å². The Bertz CT molecular complexity index is 711. The van der Waals surface area contributed by atoms with Gasteiger partial charge >= 0.3 is 17.6 Å². The number of aromatic carboxylic acids is 1. The van der Waals surface area contributed by atoms with Crippen molar-refractivity contribution < 1.29 is 24.4 Å². The summed E-state index contributed by atoms with van der Waals surface area (Å²) in [6, 6.07) is 11.0. The standard InChI is InChI=1S/C14H9NO6/c16-13(17)10-6-7-12(11(8-10)15(19)20)21-14(18)9-4-2-1-3-5-9/h1-8H,(H,16,17). The van der Waals surface area contributed by atoms with E-state index in [1.807, 2.05) is 0 Å². The maximum atomic E-state index is 11.8. The lowest BCUT2D eigenvalue weighted by Gasteiger charge is -2.05. The minimum absolute atomic E-state index is 0.231. The van der Waals surface area contributed by atoms with Crippen molar-refractivity contribution in [2.45, 2.75) is 0 Å². The monoisotopic (exact) mass is 287 g/mol. The Morgan fingerprint density at radius 1 is 1.05 bits per heavy atom. The highest BCUT2D eigenvalue weighted by atomic mass is 16.6. The average Bonchev–Trinajstić information content (AvgIpc) is 2.48. The molecule has 2 aromatic carbocycles. The van der Waals surface area contributed by atoms with Crippen LogP contribution in [0.25, 0.3) is 0 Å². The van der Waals surface area contributed by atoms with E-state index in [1.54, 1.807) is 18.2 Å². The molecule has 7 nitrogen and oxygen atoms in total. The molecule has 2 rings (SSSR count). The van der Waals surface area contributed by atoms with Gasteiger partial charge in [-0.05, 0) is 24.3 Å². The van der Waals surface area contributed by atoms with Gasteiger partial charge in [0.05, 0.1) is 16.1 Å². The predicted molar refractivity (Wildman–Crippen MR) is 71.5 cm³/mol. The molecule has 0 atom stereocenters. The molecule has 0 unspecified atom stereocenters. The summed E-state index contributed by atoms with van der Waals surface area (Å²) in [6.07, 6.45) is 0. The van der Waals surface area contributed by atoms with E-state index >= 15 is 0 Å². The van der Waals surface area contributed by atoms with Gasteiger partial charge in [-0.1, -0.05) is 18.2 Å². The highest BCUT2D eigenvalue weighted by Crippen LogP contribution is 2.28. The first-order valence-electron chi connectivity index (χ1n) is 5.78. The molecular formula is C14H9NO6. The zero-order chi connectivity index (χ0) is 15.4. The molecule has 0 saturated heterocycles.